The topological polar surface area (TPSA) is 40.5 Å². The lowest BCUT2D eigenvalue weighted by atomic mass is 9.96. The van der Waals surface area contributed by atoms with E-state index >= 15 is 0 Å². The van der Waals surface area contributed by atoms with Gasteiger partial charge in [-0.05, 0) is 46.2 Å². The molecule has 1 N–H and O–H groups in total. The maximum atomic E-state index is 10.5. The van der Waals surface area contributed by atoms with Crippen LogP contribution in [0.1, 0.15) is 12.0 Å². The summed E-state index contributed by atoms with van der Waals surface area (Å²) in [6, 6.07) is 8.47. The van der Waals surface area contributed by atoms with Crippen molar-refractivity contribution >= 4 is 28.6 Å². The number of aliphatic carboxylic acids is 1. The average Bonchev–Trinajstić information content (AvgIpc) is 2.17. The summed E-state index contributed by atoms with van der Waals surface area (Å²) in [5.41, 5.74) is 1.30. The molecule has 1 aromatic rings. The van der Waals surface area contributed by atoms with Crippen molar-refractivity contribution in [3.05, 3.63) is 33.4 Å². The van der Waals surface area contributed by atoms with Crippen LogP contribution < -0.4 is 0 Å². The molecule has 1 saturated heterocycles. The molecule has 1 aliphatic rings. The largest absolute Gasteiger partial charge is 0.481 e. The zero-order chi connectivity index (χ0) is 11.5. The van der Waals surface area contributed by atoms with E-state index in [1.54, 1.807) is 0 Å². The minimum atomic E-state index is -0.682. The molecule has 0 aromatic heterocycles. The van der Waals surface area contributed by atoms with Crippen LogP contribution in [0.3, 0.4) is 0 Å². The Hall–Kier alpha value is -0.620. The van der Waals surface area contributed by atoms with Gasteiger partial charge in [0.05, 0.1) is 6.42 Å². The highest BCUT2D eigenvalue weighted by Crippen LogP contribution is 2.21. The summed E-state index contributed by atoms with van der Waals surface area (Å²) in [4.78, 5) is 12.8. The Morgan fingerprint density at radius 3 is 2.56 bits per heavy atom. The minimum absolute atomic E-state index is 0.309. The molecule has 0 atom stereocenters. The first-order chi connectivity index (χ1) is 7.63. The number of rotatable bonds is 4. The molecule has 1 heterocycles. The Balaban J connectivity index is 1.77. The number of carboxylic acid groups (broad SMARTS) is 1. The summed E-state index contributed by atoms with van der Waals surface area (Å²) in [7, 11) is 0. The van der Waals surface area contributed by atoms with Crippen LogP contribution in [0.5, 0.6) is 0 Å². The van der Waals surface area contributed by atoms with E-state index in [-0.39, 0.29) is 0 Å². The molecule has 0 unspecified atom stereocenters. The van der Waals surface area contributed by atoms with Crippen molar-refractivity contribution in [2.24, 2.45) is 5.92 Å². The molecule has 1 fully saturated rings. The Bertz CT molecular complexity index is 371. The number of carboxylic acids is 1. The Kier molecular flexibility index (Phi) is 3.81. The third-order valence-corrected chi connectivity index (χ3v) is 3.53. The molecule has 1 aliphatic heterocycles. The molecule has 3 nitrogen and oxygen atoms in total. The third kappa shape index (κ3) is 3.18. The predicted molar refractivity (Wildman–Crippen MR) is 70.2 cm³/mol. The van der Waals surface area contributed by atoms with Crippen LogP contribution in [0.4, 0.5) is 0 Å². The summed E-state index contributed by atoms with van der Waals surface area (Å²) < 4.78 is 1.24. The first kappa shape index (κ1) is 11.9. The molecule has 4 heteroatoms. The van der Waals surface area contributed by atoms with Crippen LogP contribution in [0, 0.1) is 9.49 Å². The quantitative estimate of drug-likeness (QED) is 0.860. The third-order valence-electron chi connectivity index (χ3n) is 2.82. The molecule has 0 saturated carbocycles. The normalized spacial score (nSPS) is 17.1. The number of carbonyl (C=O) groups is 1. The van der Waals surface area contributed by atoms with E-state index in [1.165, 1.54) is 9.13 Å². The number of hydrogen-bond acceptors (Lipinski definition) is 2. The zero-order valence-electron chi connectivity index (χ0n) is 8.90. The van der Waals surface area contributed by atoms with Gasteiger partial charge in [-0.2, -0.15) is 0 Å². The standard InChI is InChI=1S/C12H14INO2/c13-11-3-1-9(2-4-11)6-14-7-10(8-14)5-12(15)16/h1-4,10H,5-8H2,(H,15,16). The van der Waals surface area contributed by atoms with Crippen molar-refractivity contribution in [2.45, 2.75) is 13.0 Å². The molecular formula is C12H14INO2. The SMILES string of the molecule is O=C(O)CC1CN(Cc2ccc(I)cc2)C1. The molecule has 0 aliphatic carbocycles. The highest BCUT2D eigenvalue weighted by atomic mass is 127. The second-order valence-electron chi connectivity index (χ2n) is 4.28. The molecule has 1 aromatic carbocycles. The fourth-order valence-corrected chi connectivity index (χ4v) is 2.39. The molecule has 2 rings (SSSR count). The second-order valence-corrected chi connectivity index (χ2v) is 5.53. The van der Waals surface area contributed by atoms with Gasteiger partial charge in [0.2, 0.25) is 0 Å². The molecule has 0 spiro atoms. The molecule has 0 radical (unpaired) electrons. The van der Waals surface area contributed by atoms with E-state index in [2.05, 4.69) is 51.8 Å². The smallest absolute Gasteiger partial charge is 0.303 e. The summed E-state index contributed by atoms with van der Waals surface area (Å²) in [6.45, 7) is 2.77. The van der Waals surface area contributed by atoms with E-state index in [0.29, 0.717) is 12.3 Å². The van der Waals surface area contributed by atoms with Crippen LogP contribution in [0.2, 0.25) is 0 Å². The maximum absolute atomic E-state index is 10.5. The lowest BCUT2D eigenvalue weighted by Crippen LogP contribution is -2.46. The molecule has 16 heavy (non-hydrogen) atoms. The summed E-state index contributed by atoms with van der Waals surface area (Å²) in [6.07, 6.45) is 0.309. The van der Waals surface area contributed by atoms with Crippen molar-refractivity contribution in [2.75, 3.05) is 13.1 Å². The molecule has 86 valence electrons. The highest BCUT2D eigenvalue weighted by Gasteiger charge is 2.28. The van der Waals surface area contributed by atoms with Crippen LogP contribution in [-0.4, -0.2) is 29.1 Å². The van der Waals surface area contributed by atoms with Crippen LogP contribution in [0.15, 0.2) is 24.3 Å². The van der Waals surface area contributed by atoms with Gasteiger partial charge in [0.1, 0.15) is 0 Å². The number of benzene rings is 1. The fraction of sp³-hybridized carbons (Fsp3) is 0.417. The Morgan fingerprint density at radius 1 is 1.38 bits per heavy atom. The van der Waals surface area contributed by atoms with Crippen LogP contribution in [-0.2, 0) is 11.3 Å². The van der Waals surface area contributed by atoms with E-state index in [1.807, 2.05) is 0 Å². The van der Waals surface area contributed by atoms with Crippen LogP contribution >= 0.6 is 22.6 Å². The number of nitrogens with zero attached hydrogens (tertiary/aromatic N) is 1. The van der Waals surface area contributed by atoms with Gasteiger partial charge in [-0.3, -0.25) is 9.69 Å². The Labute approximate surface area is 109 Å². The second kappa shape index (κ2) is 5.14. The van der Waals surface area contributed by atoms with Gasteiger partial charge in [-0.1, -0.05) is 12.1 Å². The average molecular weight is 331 g/mol. The minimum Gasteiger partial charge on any atom is -0.481 e. The summed E-state index contributed by atoms with van der Waals surface area (Å²) in [5.74, 6) is -0.333. The Morgan fingerprint density at radius 2 is 2.00 bits per heavy atom. The lowest BCUT2D eigenvalue weighted by Gasteiger charge is -2.38. The number of hydrogen-bond donors (Lipinski definition) is 1. The maximum Gasteiger partial charge on any atom is 0.303 e. The predicted octanol–water partition coefficient (Wildman–Crippen LogP) is 2.20. The summed E-state index contributed by atoms with van der Waals surface area (Å²) >= 11 is 2.29. The van der Waals surface area contributed by atoms with Gasteiger partial charge in [-0.15, -0.1) is 0 Å². The van der Waals surface area contributed by atoms with Gasteiger partial charge in [-0.25, -0.2) is 0 Å². The van der Waals surface area contributed by atoms with Crippen LogP contribution in [0.25, 0.3) is 0 Å². The van der Waals surface area contributed by atoms with E-state index in [0.717, 1.165) is 19.6 Å². The molecule has 0 bridgehead atoms. The van der Waals surface area contributed by atoms with Gasteiger partial charge in [0, 0.05) is 23.2 Å². The van der Waals surface area contributed by atoms with Gasteiger partial charge < -0.3 is 5.11 Å². The zero-order valence-corrected chi connectivity index (χ0v) is 11.1. The van der Waals surface area contributed by atoms with Gasteiger partial charge >= 0.3 is 5.97 Å². The number of likely N-dealkylation sites (tertiary alicyclic amines) is 1. The monoisotopic (exact) mass is 331 g/mol. The first-order valence-electron chi connectivity index (χ1n) is 5.32. The van der Waals surface area contributed by atoms with Gasteiger partial charge in [0.25, 0.3) is 0 Å². The first-order valence-corrected chi connectivity index (χ1v) is 6.40. The molecule has 0 amide bonds. The van der Waals surface area contributed by atoms with Gasteiger partial charge in [0.15, 0.2) is 0 Å². The lowest BCUT2D eigenvalue weighted by molar-refractivity contribution is -0.139. The van der Waals surface area contributed by atoms with Crippen molar-refractivity contribution in [1.29, 1.82) is 0 Å². The summed E-state index contributed by atoms with van der Waals surface area (Å²) in [5, 5.41) is 8.64. The van der Waals surface area contributed by atoms with E-state index < -0.39 is 5.97 Å². The van der Waals surface area contributed by atoms with E-state index in [9.17, 15) is 4.79 Å². The fourth-order valence-electron chi connectivity index (χ4n) is 2.03. The number of halogens is 1. The van der Waals surface area contributed by atoms with Crippen molar-refractivity contribution < 1.29 is 9.90 Å². The van der Waals surface area contributed by atoms with Crippen molar-refractivity contribution in [3.63, 3.8) is 0 Å². The molecular weight excluding hydrogens is 317 g/mol. The van der Waals surface area contributed by atoms with Crippen molar-refractivity contribution in [3.8, 4) is 0 Å². The van der Waals surface area contributed by atoms with Crippen molar-refractivity contribution in [1.82, 2.24) is 4.90 Å². The van der Waals surface area contributed by atoms with E-state index in [4.69, 9.17) is 5.11 Å². The highest BCUT2D eigenvalue weighted by molar-refractivity contribution is 14.1.